The monoisotopic (exact) mass is 225 g/mol. The number of esters is 1. The Kier molecular flexibility index (Phi) is 2.56. The summed E-state index contributed by atoms with van der Waals surface area (Å²) in [6.45, 7) is 2.11. The van der Waals surface area contributed by atoms with Crippen molar-refractivity contribution in [1.29, 1.82) is 0 Å². The molecule has 1 unspecified atom stereocenters. The van der Waals surface area contributed by atoms with E-state index >= 15 is 0 Å². The molecule has 0 fully saturated rings. The first-order chi connectivity index (χ1) is 7.11. The van der Waals surface area contributed by atoms with Gasteiger partial charge in [-0.3, -0.25) is 0 Å². The van der Waals surface area contributed by atoms with Gasteiger partial charge in [0.25, 0.3) is 0 Å². The fourth-order valence-corrected chi connectivity index (χ4v) is 3.31. The third-order valence-electron chi connectivity index (χ3n) is 2.95. The van der Waals surface area contributed by atoms with Crippen molar-refractivity contribution in [3.05, 3.63) is 21.4 Å². The quantitative estimate of drug-likeness (QED) is 0.777. The highest BCUT2D eigenvalue weighted by atomic mass is 32.1. The number of aryl methyl sites for hydroxylation is 2. The van der Waals surface area contributed by atoms with Crippen LogP contribution >= 0.6 is 11.3 Å². The van der Waals surface area contributed by atoms with Crippen molar-refractivity contribution in [1.82, 2.24) is 0 Å². The molecule has 0 amide bonds. The lowest BCUT2D eigenvalue weighted by Crippen LogP contribution is -2.43. The molecule has 3 nitrogen and oxygen atoms in total. The Labute approximate surface area is 93.2 Å². The van der Waals surface area contributed by atoms with Crippen molar-refractivity contribution >= 4 is 17.3 Å². The number of nitrogens with two attached hydrogens (primary N) is 1. The van der Waals surface area contributed by atoms with E-state index in [4.69, 9.17) is 10.5 Å². The van der Waals surface area contributed by atoms with Gasteiger partial charge >= 0.3 is 5.97 Å². The van der Waals surface area contributed by atoms with E-state index in [1.165, 1.54) is 17.6 Å². The molecule has 4 heteroatoms. The minimum atomic E-state index is -0.887. The number of ether oxygens (including phenoxy) is 1. The van der Waals surface area contributed by atoms with Crippen LogP contribution in [-0.4, -0.2) is 13.1 Å². The van der Waals surface area contributed by atoms with Gasteiger partial charge in [0.1, 0.15) is 5.54 Å². The van der Waals surface area contributed by atoms with E-state index in [0.29, 0.717) is 6.42 Å². The molecule has 1 aliphatic rings. The lowest BCUT2D eigenvalue weighted by Gasteiger charge is -2.20. The van der Waals surface area contributed by atoms with Gasteiger partial charge in [-0.2, -0.15) is 0 Å². The Balaban J connectivity index is 2.42. The average Bonchev–Trinajstić information content (AvgIpc) is 2.79. The van der Waals surface area contributed by atoms with Crippen molar-refractivity contribution in [3.8, 4) is 0 Å². The molecular weight excluding hydrogens is 210 g/mol. The molecular formula is C11H15NO2S. The van der Waals surface area contributed by atoms with Crippen LogP contribution in [0.1, 0.15) is 28.7 Å². The molecule has 0 saturated heterocycles. The molecule has 0 aliphatic heterocycles. The summed E-state index contributed by atoms with van der Waals surface area (Å²) >= 11 is 1.65. The normalized spacial score (nSPS) is 23.9. The topological polar surface area (TPSA) is 52.3 Å². The predicted octanol–water partition coefficient (Wildman–Crippen LogP) is 1.58. The van der Waals surface area contributed by atoms with Crippen molar-refractivity contribution in [2.75, 3.05) is 7.11 Å². The fourth-order valence-electron chi connectivity index (χ4n) is 2.05. The second-order valence-electron chi connectivity index (χ2n) is 3.88. The molecule has 1 heterocycles. The summed E-state index contributed by atoms with van der Waals surface area (Å²) in [6.07, 6.45) is 2.55. The lowest BCUT2D eigenvalue weighted by molar-refractivity contribution is -0.147. The summed E-state index contributed by atoms with van der Waals surface area (Å²) in [6, 6.07) is 2.16. The fraction of sp³-hybridized carbons (Fsp3) is 0.545. The smallest absolute Gasteiger partial charge is 0.331 e. The summed E-state index contributed by atoms with van der Waals surface area (Å²) in [7, 11) is 1.39. The maximum atomic E-state index is 11.7. The number of methoxy groups -OCH3 is 1. The minimum Gasteiger partial charge on any atom is -0.467 e. The van der Waals surface area contributed by atoms with Crippen LogP contribution in [0, 0.1) is 0 Å². The second-order valence-corrected chi connectivity index (χ2v) is 5.02. The van der Waals surface area contributed by atoms with E-state index in [1.54, 1.807) is 11.3 Å². The molecule has 1 aromatic heterocycles. The van der Waals surface area contributed by atoms with Gasteiger partial charge in [0.2, 0.25) is 0 Å². The molecule has 0 spiro atoms. The third-order valence-corrected chi connectivity index (χ3v) is 4.45. The first-order valence-electron chi connectivity index (χ1n) is 5.11. The largest absolute Gasteiger partial charge is 0.467 e. The van der Waals surface area contributed by atoms with Crippen LogP contribution in [0.2, 0.25) is 0 Å². The Morgan fingerprint density at radius 3 is 3.07 bits per heavy atom. The maximum absolute atomic E-state index is 11.7. The summed E-state index contributed by atoms with van der Waals surface area (Å²) in [5, 5.41) is 0. The van der Waals surface area contributed by atoms with E-state index in [9.17, 15) is 4.79 Å². The first kappa shape index (κ1) is 10.6. The Morgan fingerprint density at radius 1 is 1.73 bits per heavy atom. The highest BCUT2D eigenvalue weighted by Crippen LogP contribution is 2.41. The molecule has 1 atom stereocenters. The molecule has 82 valence electrons. The Hall–Kier alpha value is -0.870. The van der Waals surface area contributed by atoms with E-state index in [0.717, 1.165) is 17.7 Å². The van der Waals surface area contributed by atoms with Crippen LogP contribution in [-0.2, 0) is 27.9 Å². The van der Waals surface area contributed by atoms with E-state index in [1.807, 2.05) is 0 Å². The van der Waals surface area contributed by atoms with Crippen LogP contribution in [0.25, 0.3) is 0 Å². The number of carbonyl (C=O) groups excluding carboxylic acids is 1. The van der Waals surface area contributed by atoms with Gasteiger partial charge in [-0.25, -0.2) is 4.79 Å². The summed E-state index contributed by atoms with van der Waals surface area (Å²) in [4.78, 5) is 14.0. The molecule has 0 bridgehead atoms. The first-order valence-corrected chi connectivity index (χ1v) is 5.93. The number of thiophene rings is 1. The molecule has 0 radical (unpaired) electrons. The van der Waals surface area contributed by atoms with Gasteiger partial charge in [-0.05, 0) is 30.9 Å². The number of hydrogen-bond acceptors (Lipinski definition) is 4. The van der Waals surface area contributed by atoms with Gasteiger partial charge in [-0.15, -0.1) is 11.3 Å². The van der Waals surface area contributed by atoms with E-state index in [-0.39, 0.29) is 5.97 Å². The Bertz CT molecular complexity index is 399. The van der Waals surface area contributed by atoms with Gasteiger partial charge in [0.05, 0.1) is 7.11 Å². The van der Waals surface area contributed by atoms with Crippen molar-refractivity contribution in [3.63, 3.8) is 0 Å². The van der Waals surface area contributed by atoms with Crippen LogP contribution < -0.4 is 5.73 Å². The zero-order valence-electron chi connectivity index (χ0n) is 9.00. The molecule has 1 aromatic rings. The second kappa shape index (κ2) is 3.61. The molecule has 0 saturated carbocycles. The zero-order valence-corrected chi connectivity index (χ0v) is 9.82. The highest BCUT2D eigenvalue weighted by molar-refractivity contribution is 7.12. The number of carbonyl (C=O) groups is 1. The van der Waals surface area contributed by atoms with Crippen LogP contribution in [0.5, 0.6) is 0 Å². The molecule has 0 aromatic carbocycles. The van der Waals surface area contributed by atoms with Gasteiger partial charge in [0.15, 0.2) is 0 Å². The van der Waals surface area contributed by atoms with Gasteiger partial charge < -0.3 is 10.5 Å². The highest BCUT2D eigenvalue weighted by Gasteiger charge is 2.44. The molecule has 2 N–H and O–H groups in total. The maximum Gasteiger partial charge on any atom is 0.331 e. The molecule has 15 heavy (non-hydrogen) atoms. The lowest BCUT2D eigenvalue weighted by atomic mass is 10.0. The van der Waals surface area contributed by atoms with E-state index < -0.39 is 5.54 Å². The van der Waals surface area contributed by atoms with Crippen LogP contribution in [0.3, 0.4) is 0 Å². The Morgan fingerprint density at radius 2 is 2.47 bits per heavy atom. The van der Waals surface area contributed by atoms with Crippen molar-refractivity contribution < 1.29 is 9.53 Å². The van der Waals surface area contributed by atoms with Crippen LogP contribution in [0.15, 0.2) is 6.07 Å². The van der Waals surface area contributed by atoms with Crippen molar-refractivity contribution in [2.45, 2.75) is 31.7 Å². The van der Waals surface area contributed by atoms with Crippen LogP contribution in [0.4, 0.5) is 0 Å². The number of hydrogen-bond donors (Lipinski definition) is 1. The summed E-state index contributed by atoms with van der Waals surface area (Å²) in [5.74, 6) is -0.314. The van der Waals surface area contributed by atoms with Gasteiger partial charge in [-0.1, -0.05) is 6.92 Å². The van der Waals surface area contributed by atoms with E-state index in [2.05, 4.69) is 13.0 Å². The number of rotatable bonds is 2. The number of fused-ring (bicyclic) bond motifs is 1. The average molecular weight is 225 g/mol. The standard InChI is InChI=1S/C11H15NO2S/c1-3-8-6-7-4-5-11(12,9(7)15-8)10(13)14-2/h6H,3-5,12H2,1-2H3. The predicted molar refractivity (Wildman–Crippen MR) is 59.9 cm³/mol. The molecule has 2 rings (SSSR count). The third kappa shape index (κ3) is 1.48. The van der Waals surface area contributed by atoms with Crippen molar-refractivity contribution in [2.24, 2.45) is 5.73 Å². The zero-order chi connectivity index (χ0) is 11.1. The SMILES string of the molecule is CCc1cc2c(s1)C(N)(C(=O)OC)CC2. The van der Waals surface area contributed by atoms with Gasteiger partial charge in [0, 0.05) is 9.75 Å². The molecule has 1 aliphatic carbocycles. The summed E-state index contributed by atoms with van der Waals surface area (Å²) in [5.41, 5.74) is 6.47. The summed E-state index contributed by atoms with van der Waals surface area (Å²) < 4.78 is 4.78. The minimum absolute atomic E-state index is 0.314.